The molecule has 0 spiro atoms. The van der Waals surface area contributed by atoms with Gasteiger partial charge in [0.2, 0.25) is 5.91 Å². The summed E-state index contributed by atoms with van der Waals surface area (Å²) in [6.45, 7) is 5.23. The number of aryl methyl sites for hydroxylation is 2. The molecule has 1 aromatic heterocycles. The first-order valence-corrected chi connectivity index (χ1v) is 5.10. The number of nitrogens with two attached hydrogens (primary N) is 1. The van der Waals surface area contributed by atoms with Crippen LogP contribution >= 0.6 is 0 Å². The van der Waals surface area contributed by atoms with Crippen LogP contribution in [-0.2, 0) is 4.79 Å². The van der Waals surface area contributed by atoms with Crippen molar-refractivity contribution in [2.75, 3.05) is 12.8 Å². The van der Waals surface area contributed by atoms with E-state index in [0.717, 1.165) is 11.3 Å². The van der Waals surface area contributed by atoms with Gasteiger partial charge in [-0.1, -0.05) is 0 Å². The first-order chi connectivity index (χ1) is 7.40. The third-order valence-corrected chi connectivity index (χ3v) is 2.69. The van der Waals surface area contributed by atoms with Gasteiger partial charge in [-0.05, 0) is 32.4 Å². The molecule has 0 aromatic carbocycles. The molecule has 1 aromatic rings. The van der Waals surface area contributed by atoms with Gasteiger partial charge in [0, 0.05) is 12.7 Å². The fourth-order valence-electron chi connectivity index (χ4n) is 1.73. The molecule has 0 saturated carbocycles. The molecule has 16 heavy (non-hydrogen) atoms. The van der Waals surface area contributed by atoms with Crippen LogP contribution in [0.2, 0.25) is 0 Å². The maximum absolute atomic E-state index is 11.9. The maximum Gasteiger partial charge on any atom is 0.274 e. The fourth-order valence-corrected chi connectivity index (χ4v) is 1.73. The van der Waals surface area contributed by atoms with Crippen LogP contribution in [0.4, 0.5) is 5.69 Å². The molecule has 0 aliphatic rings. The summed E-state index contributed by atoms with van der Waals surface area (Å²) in [6.07, 6.45) is 0. The van der Waals surface area contributed by atoms with E-state index in [-0.39, 0.29) is 17.2 Å². The first-order valence-electron chi connectivity index (χ1n) is 5.10. The van der Waals surface area contributed by atoms with E-state index < -0.39 is 6.04 Å². The van der Waals surface area contributed by atoms with Crippen molar-refractivity contribution in [2.45, 2.75) is 26.8 Å². The van der Waals surface area contributed by atoms with E-state index in [2.05, 4.69) is 5.32 Å². The Labute approximate surface area is 94.3 Å². The van der Waals surface area contributed by atoms with Gasteiger partial charge in [-0.2, -0.15) is 0 Å². The van der Waals surface area contributed by atoms with Crippen LogP contribution in [0, 0.1) is 13.8 Å². The van der Waals surface area contributed by atoms with Gasteiger partial charge in [-0.15, -0.1) is 0 Å². The summed E-state index contributed by atoms with van der Waals surface area (Å²) in [5.41, 5.74) is 7.02. The normalized spacial score (nSPS) is 12.2. The van der Waals surface area contributed by atoms with Gasteiger partial charge in [0.15, 0.2) is 0 Å². The van der Waals surface area contributed by atoms with E-state index in [0.29, 0.717) is 0 Å². The Morgan fingerprint density at radius 1 is 1.50 bits per heavy atom. The van der Waals surface area contributed by atoms with E-state index in [1.54, 1.807) is 26.8 Å². The van der Waals surface area contributed by atoms with Gasteiger partial charge < -0.3 is 11.1 Å². The standard InChI is InChI=1S/C11H17N3O2/c1-6-5-7(2)14(11(16)9(6)12)8(3)10(15)13-4/h5,8H,12H2,1-4H3,(H,13,15)/t8-/m0/s1. The minimum atomic E-state index is -0.555. The number of nitrogens with zero attached hydrogens (tertiary/aromatic N) is 1. The summed E-state index contributed by atoms with van der Waals surface area (Å²) in [5, 5.41) is 2.51. The van der Waals surface area contributed by atoms with Crippen molar-refractivity contribution in [2.24, 2.45) is 0 Å². The highest BCUT2D eigenvalue weighted by molar-refractivity contribution is 5.79. The van der Waals surface area contributed by atoms with Crippen molar-refractivity contribution < 1.29 is 4.79 Å². The lowest BCUT2D eigenvalue weighted by Gasteiger charge is -2.18. The monoisotopic (exact) mass is 223 g/mol. The minimum Gasteiger partial charge on any atom is -0.394 e. The average molecular weight is 223 g/mol. The second-order valence-corrected chi connectivity index (χ2v) is 3.85. The molecule has 0 aliphatic carbocycles. The molecule has 5 nitrogen and oxygen atoms in total. The van der Waals surface area contributed by atoms with Crippen molar-refractivity contribution in [3.63, 3.8) is 0 Å². The number of aromatic nitrogens is 1. The SMILES string of the molecule is CNC(=O)[C@H](C)n1c(C)cc(C)c(N)c1=O. The summed E-state index contributed by atoms with van der Waals surface area (Å²) in [6, 6.07) is 1.25. The minimum absolute atomic E-state index is 0.196. The molecule has 0 unspecified atom stereocenters. The smallest absolute Gasteiger partial charge is 0.274 e. The molecule has 1 atom stereocenters. The molecule has 0 radical (unpaired) electrons. The number of anilines is 1. The van der Waals surface area contributed by atoms with Gasteiger partial charge in [0.25, 0.3) is 5.56 Å². The predicted molar refractivity (Wildman–Crippen MR) is 63.4 cm³/mol. The molecular weight excluding hydrogens is 206 g/mol. The lowest BCUT2D eigenvalue weighted by Crippen LogP contribution is -2.36. The summed E-state index contributed by atoms with van der Waals surface area (Å²) in [7, 11) is 1.54. The number of carbonyl (C=O) groups excluding carboxylic acids is 1. The van der Waals surface area contributed by atoms with Crippen LogP contribution in [0.1, 0.15) is 24.2 Å². The number of nitrogen functional groups attached to an aromatic ring is 1. The van der Waals surface area contributed by atoms with Crippen LogP contribution in [0.3, 0.4) is 0 Å². The second kappa shape index (κ2) is 4.38. The molecule has 0 bridgehead atoms. The molecule has 1 heterocycles. The molecule has 0 saturated heterocycles. The van der Waals surface area contributed by atoms with Gasteiger partial charge in [-0.25, -0.2) is 0 Å². The quantitative estimate of drug-likeness (QED) is 0.759. The Balaban J connectivity index is 3.40. The van der Waals surface area contributed by atoms with Gasteiger partial charge in [-0.3, -0.25) is 14.2 Å². The van der Waals surface area contributed by atoms with E-state index in [1.807, 2.05) is 0 Å². The van der Waals surface area contributed by atoms with Crippen LogP contribution in [0.5, 0.6) is 0 Å². The number of rotatable bonds is 2. The zero-order chi connectivity index (χ0) is 12.5. The van der Waals surface area contributed by atoms with E-state index in [4.69, 9.17) is 5.73 Å². The van der Waals surface area contributed by atoms with Gasteiger partial charge in [0.1, 0.15) is 11.7 Å². The fraction of sp³-hybridized carbons (Fsp3) is 0.455. The van der Waals surface area contributed by atoms with E-state index >= 15 is 0 Å². The highest BCUT2D eigenvalue weighted by Crippen LogP contribution is 2.12. The zero-order valence-electron chi connectivity index (χ0n) is 10.00. The Morgan fingerprint density at radius 2 is 2.06 bits per heavy atom. The van der Waals surface area contributed by atoms with Crippen LogP contribution < -0.4 is 16.6 Å². The van der Waals surface area contributed by atoms with E-state index in [9.17, 15) is 9.59 Å². The van der Waals surface area contributed by atoms with Crippen molar-refractivity contribution in [1.82, 2.24) is 9.88 Å². The largest absolute Gasteiger partial charge is 0.394 e. The topological polar surface area (TPSA) is 77.1 Å². The third-order valence-electron chi connectivity index (χ3n) is 2.69. The number of amides is 1. The number of pyridine rings is 1. The summed E-state index contributed by atoms with van der Waals surface area (Å²) >= 11 is 0. The van der Waals surface area contributed by atoms with Gasteiger partial charge >= 0.3 is 0 Å². The van der Waals surface area contributed by atoms with Crippen molar-refractivity contribution in [1.29, 1.82) is 0 Å². The number of nitrogens with one attached hydrogen (secondary N) is 1. The Bertz CT molecular complexity index is 477. The second-order valence-electron chi connectivity index (χ2n) is 3.85. The van der Waals surface area contributed by atoms with Crippen molar-refractivity contribution >= 4 is 11.6 Å². The Morgan fingerprint density at radius 3 is 2.56 bits per heavy atom. The maximum atomic E-state index is 11.9. The zero-order valence-corrected chi connectivity index (χ0v) is 10.00. The highest BCUT2D eigenvalue weighted by atomic mass is 16.2. The highest BCUT2D eigenvalue weighted by Gasteiger charge is 2.18. The molecule has 1 rings (SSSR count). The number of hydrogen-bond acceptors (Lipinski definition) is 3. The molecule has 0 fully saturated rings. The lowest BCUT2D eigenvalue weighted by atomic mass is 10.2. The van der Waals surface area contributed by atoms with Crippen molar-refractivity contribution in [3.8, 4) is 0 Å². The summed E-state index contributed by atoms with van der Waals surface area (Å²) in [4.78, 5) is 23.4. The Kier molecular flexibility index (Phi) is 3.37. The molecule has 0 aliphatic heterocycles. The molecule has 3 N–H and O–H groups in total. The number of hydrogen-bond donors (Lipinski definition) is 2. The first kappa shape index (κ1) is 12.3. The summed E-state index contributed by atoms with van der Waals surface area (Å²) < 4.78 is 1.40. The summed E-state index contributed by atoms with van der Waals surface area (Å²) in [5.74, 6) is -0.214. The number of carbonyl (C=O) groups is 1. The van der Waals surface area contributed by atoms with E-state index in [1.165, 1.54) is 11.6 Å². The average Bonchev–Trinajstić information content (AvgIpc) is 2.24. The predicted octanol–water partition coefficient (Wildman–Crippen LogP) is 0.354. The van der Waals surface area contributed by atoms with Crippen LogP contribution in [0.25, 0.3) is 0 Å². The molecular formula is C11H17N3O2. The third kappa shape index (κ3) is 1.93. The molecule has 88 valence electrons. The number of likely N-dealkylation sites (N-methyl/N-ethyl adjacent to an activating group) is 1. The van der Waals surface area contributed by atoms with Gasteiger partial charge in [0.05, 0.1) is 0 Å². The molecule has 1 amide bonds. The van der Waals surface area contributed by atoms with Crippen LogP contribution in [0.15, 0.2) is 10.9 Å². The molecule has 5 heteroatoms. The van der Waals surface area contributed by atoms with Crippen molar-refractivity contribution in [3.05, 3.63) is 27.7 Å². The lowest BCUT2D eigenvalue weighted by molar-refractivity contribution is -0.123. The van der Waals surface area contributed by atoms with Crippen LogP contribution in [-0.4, -0.2) is 17.5 Å². The Hall–Kier alpha value is -1.78.